The van der Waals surface area contributed by atoms with Crippen molar-refractivity contribution in [3.63, 3.8) is 0 Å². The van der Waals surface area contributed by atoms with Gasteiger partial charge in [0.15, 0.2) is 0 Å². The van der Waals surface area contributed by atoms with Gasteiger partial charge in [0.2, 0.25) is 5.91 Å². The number of hydrogen-bond donors (Lipinski definition) is 1. The van der Waals surface area contributed by atoms with Gasteiger partial charge in [-0.05, 0) is 36.9 Å². The molecule has 1 amide bonds. The average Bonchev–Trinajstić information content (AvgIpc) is 2.56. The number of piperazine rings is 1. The van der Waals surface area contributed by atoms with Crippen LogP contribution < -0.4 is 10.2 Å². The topological polar surface area (TPSA) is 48.5 Å². The van der Waals surface area contributed by atoms with E-state index in [9.17, 15) is 9.18 Å². The predicted molar refractivity (Wildman–Crippen MR) is 92.7 cm³/mol. The molecule has 1 fully saturated rings. The summed E-state index contributed by atoms with van der Waals surface area (Å²) in [5.41, 5.74) is 1.30. The molecule has 1 aromatic carbocycles. The number of likely N-dealkylation sites (N-methyl/N-ethyl adjacent to an activating group) is 1. The third kappa shape index (κ3) is 4.29. The van der Waals surface area contributed by atoms with Gasteiger partial charge in [-0.2, -0.15) is 0 Å². The molecule has 3 rings (SSSR count). The third-order valence-corrected chi connectivity index (χ3v) is 4.11. The summed E-state index contributed by atoms with van der Waals surface area (Å²) in [6, 6.07) is 9.84. The van der Waals surface area contributed by atoms with Crippen LogP contribution in [-0.2, 0) is 11.2 Å². The minimum absolute atomic E-state index is 0.137. The lowest BCUT2D eigenvalue weighted by atomic mass is 10.1. The van der Waals surface area contributed by atoms with Gasteiger partial charge in [-0.1, -0.05) is 12.1 Å². The van der Waals surface area contributed by atoms with Crippen LogP contribution in [0.25, 0.3) is 0 Å². The number of rotatable bonds is 4. The Kier molecular flexibility index (Phi) is 5.05. The maximum Gasteiger partial charge on any atom is 0.228 e. The summed E-state index contributed by atoms with van der Waals surface area (Å²) in [5, 5.41) is 2.80. The molecule has 0 unspecified atom stereocenters. The number of halogens is 1. The van der Waals surface area contributed by atoms with Crippen LogP contribution in [0.3, 0.4) is 0 Å². The van der Waals surface area contributed by atoms with E-state index in [-0.39, 0.29) is 18.1 Å². The van der Waals surface area contributed by atoms with Gasteiger partial charge in [-0.15, -0.1) is 0 Å². The highest BCUT2D eigenvalue weighted by molar-refractivity contribution is 5.92. The first-order chi connectivity index (χ1) is 11.6. The van der Waals surface area contributed by atoms with E-state index in [0.717, 1.165) is 32.0 Å². The van der Waals surface area contributed by atoms with Gasteiger partial charge in [0, 0.05) is 26.2 Å². The SMILES string of the molecule is CN1CCN(c2ccc(NC(=O)Cc3cccc(F)c3)cn2)CC1. The molecule has 0 aliphatic carbocycles. The number of benzene rings is 1. The van der Waals surface area contributed by atoms with Crippen LogP contribution in [0.5, 0.6) is 0 Å². The van der Waals surface area contributed by atoms with Gasteiger partial charge in [0.05, 0.1) is 18.3 Å². The summed E-state index contributed by atoms with van der Waals surface area (Å²) in [7, 11) is 2.11. The minimum Gasteiger partial charge on any atom is -0.354 e. The maximum absolute atomic E-state index is 13.1. The Labute approximate surface area is 141 Å². The van der Waals surface area contributed by atoms with Crippen LogP contribution >= 0.6 is 0 Å². The Morgan fingerprint density at radius 2 is 2.00 bits per heavy atom. The van der Waals surface area contributed by atoms with Gasteiger partial charge in [-0.25, -0.2) is 9.37 Å². The summed E-state index contributed by atoms with van der Waals surface area (Å²) < 4.78 is 13.1. The fraction of sp³-hybridized carbons (Fsp3) is 0.333. The number of nitrogens with one attached hydrogen (secondary N) is 1. The molecule has 1 N–H and O–H groups in total. The lowest BCUT2D eigenvalue weighted by Gasteiger charge is -2.33. The maximum atomic E-state index is 13.1. The summed E-state index contributed by atoms with van der Waals surface area (Å²) in [6.45, 7) is 3.95. The molecule has 0 bridgehead atoms. The van der Waals surface area contributed by atoms with Crippen LogP contribution in [0.1, 0.15) is 5.56 Å². The van der Waals surface area contributed by atoms with Crippen LogP contribution in [-0.4, -0.2) is 49.0 Å². The monoisotopic (exact) mass is 328 g/mol. The summed E-state index contributed by atoms with van der Waals surface area (Å²) in [5.74, 6) is 0.402. The van der Waals surface area contributed by atoms with Crippen molar-refractivity contribution in [1.29, 1.82) is 0 Å². The van der Waals surface area contributed by atoms with Crippen LogP contribution in [0, 0.1) is 5.82 Å². The molecular weight excluding hydrogens is 307 g/mol. The Bertz CT molecular complexity index is 696. The highest BCUT2D eigenvalue weighted by atomic mass is 19.1. The van der Waals surface area contributed by atoms with E-state index in [0.29, 0.717) is 11.3 Å². The smallest absolute Gasteiger partial charge is 0.228 e. The second kappa shape index (κ2) is 7.40. The van der Waals surface area contributed by atoms with Crippen molar-refractivity contribution in [2.75, 3.05) is 43.4 Å². The molecule has 5 nitrogen and oxygen atoms in total. The molecule has 0 radical (unpaired) electrons. The number of nitrogens with zero attached hydrogens (tertiary/aromatic N) is 3. The summed E-state index contributed by atoms with van der Waals surface area (Å²) in [4.78, 5) is 21.0. The van der Waals surface area contributed by atoms with Crippen molar-refractivity contribution in [3.8, 4) is 0 Å². The number of hydrogen-bond acceptors (Lipinski definition) is 4. The van der Waals surface area contributed by atoms with Crippen molar-refractivity contribution < 1.29 is 9.18 Å². The molecule has 2 aromatic rings. The molecule has 0 saturated carbocycles. The highest BCUT2D eigenvalue weighted by Crippen LogP contribution is 2.16. The Hall–Kier alpha value is -2.47. The van der Waals surface area contributed by atoms with Gasteiger partial charge in [0.1, 0.15) is 11.6 Å². The molecule has 2 heterocycles. The number of anilines is 2. The molecule has 126 valence electrons. The fourth-order valence-electron chi connectivity index (χ4n) is 2.72. The van der Waals surface area contributed by atoms with E-state index in [2.05, 4.69) is 27.1 Å². The fourth-order valence-corrected chi connectivity index (χ4v) is 2.72. The Morgan fingerprint density at radius 3 is 2.67 bits per heavy atom. The highest BCUT2D eigenvalue weighted by Gasteiger charge is 2.15. The first-order valence-electron chi connectivity index (χ1n) is 8.04. The zero-order chi connectivity index (χ0) is 16.9. The summed E-state index contributed by atoms with van der Waals surface area (Å²) >= 11 is 0. The van der Waals surface area contributed by atoms with Crippen molar-refractivity contribution in [2.45, 2.75) is 6.42 Å². The molecular formula is C18H21FN4O. The van der Waals surface area contributed by atoms with Crippen LogP contribution in [0.2, 0.25) is 0 Å². The molecule has 1 aliphatic heterocycles. The zero-order valence-corrected chi connectivity index (χ0v) is 13.7. The minimum atomic E-state index is -0.335. The second-order valence-corrected chi connectivity index (χ2v) is 6.05. The largest absolute Gasteiger partial charge is 0.354 e. The van der Waals surface area contributed by atoms with Crippen molar-refractivity contribution in [1.82, 2.24) is 9.88 Å². The number of pyridine rings is 1. The van der Waals surface area contributed by atoms with E-state index >= 15 is 0 Å². The van der Waals surface area contributed by atoms with Gasteiger partial charge in [0.25, 0.3) is 0 Å². The predicted octanol–water partition coefficient (Wildman–Crippen LogP) is 2.15. The Balaban J connectivity index is 1.56. The second-order valence-electron chi connectivity index (χ2n) is 6.05. The van der Waals surface area contributed by atoms with Gasteiger partial charge >= 0.3 is 0 Å². The van der Waals surface area contributed by atoms with E-state index in [1.54, 1.807) is 18.3 Å². The standard InChI is InChI=1S/C18H21FN4O/c1-22-7-9-23(10-8-22)17-6-5-16(13-20-17)21-18(24)12-14-3-2-4-15(19)11-14/h2-6,11,13H,7-10,12H2,1H3,(H,21,24). The van der Waals surface area contributed by atoms with Crippen LogP contribution in [0.4, 0.5) is 15.9 Å². The number of carbonyl (C=O) groups excluding carboxylic acids is 1. The number of carbonyl (C=O) groups is 1. The van der Waals surface area contributed by atoms with E-state index < -0.39 is 0 Å². The van der Waals surface area contributed by atoms with Crippen molar-refractivity contribution >= 4 is 17.4 Å². The molecule has 0 atom stereocenters. The quantitative estimate of drug-likeness (QED) is 0.934. The molecule has 1 aliphatic rings. The van der Waals surface area contributed by atoms with Crippen molar-refractivity contribution in [2.24, 2.45) is 0 Å². The number of amides is 1. The third-order valence-electron chi connectivity index (χ3n) is 4.11. The molecule has 0 spiro atoms. The summed E-state index contributed by atoms with van der Waals surface area (Å²) in [6.07, 6.45) is 1.80. The van der Waals surface area contributed by atoms with Gasteiger partial charge < -0.3 is 15.1 Å². The van der Waals surface area contributed by atoms with E-state index in [4.69, 9.17) is 0 Å². The molecule has 6 heteroatoms. The normalized spacial score (nSPS) is 15.3. The van der Waals surface area contributed by atoms with E-state index in [1.165, 1.54) is 12.1 Å². The zero-order valence-electron chi connectivity index (χ0n) is 13.7. The first kappa shape index (κ1) is 16.4. The lowest BCUT2D eigenvalue weighted by Crippen LogP contribution is -2.44. The van der Waals surface area contributed by atoms with Gasteiger partial charge in [-0.3, -0.25) is 4.79 Å². The van der Waals surface area contributed by atoms with Crippen LogP contribution in [0.15, 0.2) is 42.6 Å². The number of aromatic nitrogens is 1. The average molecular weight is 328 g/mol. The lowest BCUT2D eigenvalue weighted by molar-refractivity contribution is -0.115. The molecule has 1 saturated heterocycles. The molecule has 24 heavy (non-hydrogen) atoms. The Morgan fingerprint density at radius 1 is 1.21 bits per heavy atom. The van der Waals surface area contributed by atoms with Crippen molar-refractivity contribution in [3.05, 3.63) is 54.0 Å². The first-order valence-corrected chi connectivity index (χ1v) is 8.04. The van der Waals surface area contributed by atoms with E-state index in [1.807, 2.05) is 12.1 Å². The molecule has 1 aromatic heterocycles.